The Balaban J connectivity index is 2.66. The Morgan fingerprint density at radius 1 is 1.38 bits per heavy atom. The first-order valence-corrected chi connectivity index (χ1v) is 3.79. The molecule has 4 heteroatoms. The first kappa shape index (κ1) is 9.25. The molecule has 0 aromatic heterocycles. The van der Waals surface area contributed by atoms with E-state index in [0.29, 0.717) is 5.69 Å². The fourth-order valence-corrected chi connectivity index (χ4v) is 0.788. The number of rotatable bonds is 2. The summed E-state index contributed by atoms with van der Waals surface area (Å²) in [6.45, 7) is 1.43. The van der Waals surface area contributed by atoms with E-state index in [9.17, 15) is 4.79 Å². The van der Waals surface area contributed by atoms with Gasteiger partial charge in [-0.15, -0.1) is 0 Å². The van der Waals surface area contributed by atoms with Gasteiger partial charge in [-0.1, -0.05) is 23.4 Å². The van der Waals surface area contributed by atoms with Crippen LogP contribution in [0.1, 0.15) is 6.92 Å². The quantitative estimate of drug-likeness (QED) is 0.409. The van der Waals surface area contributed by atoms with Gasteiger partial charge in [0.25, 0.3) is 5.91 Å². The third kappa shape index (κ3) is 2.59. The van der Waals surface area contributed by atoms with Gasteiger partial charge in [0, 0.05) is 5.69 Å². The number of nitrogens with zero attached hydrogens (tertiary/aromatic N) is 1. The lowest BCUT2D eigenvalue weighted by Gasteiger charge is -2.02. The van der Waals surface area contributed by atoms with E-state index in [1.165, 1.54) is 6.92 Å². The summed E-state index contributed by atoms with van der Waals surface area (Å²) >= 11 is 0. The van der Waals surface area contributed by atoms with Crippen LogP contribution in [-0.4, -0.2) is 16.8 Å². The van der Waals surface area contributed by atoms with Crippen LogP contribution in [0.4, 0.5) is 5.69 Å². The summed E-state index contributed by atoms with van der Waals surface area (Å²) in [7, 11) is 0. The first-order chi connectivity index (χ1) is 6.24. The number of oxime groups is 1. The summed E-state index contributed by atoms with van der Waals surface area (Å²) in [5.74, 6) is -0.409. The van der Waals surface area contributed by atoms with E-state index in [1.54, 1.807) is 24.3 Å². The van der Waals surface area contributed by atoms with Gasteiger partial charge >= 0.3 is 0 Å². The first-order valence-electron chi connectivity index (χ1n) is 3.79. The van der Waals surface area contributed by atoms with Crippen molar-refractivity contribution in [1.29, 1.82) is 0 Å². The number of hydrogen-bond donors (Lipinski definition) is 2. The highest BCUT2D eigenvalue weighted by atomic mass is 16.4. The van der Waals surface area contributed by atoms with Gasteiger partial charge in [-0.3, -0.25) is 4.79 Å². The molecule has 1 rings (SSSR count). The number of hydrogen-bond acceptors (Lipinski definition) is 3. The van der Waals surface area contributed by atoms with Gasteiger partial charge in [0.1, 0.15) is 5.71 Å². The Morgan fingerprint density at radius 3 is 2.54 bits per heavy atom. The zero-order valence-electron chi connectivity index (χ0n) is 7.19. The molecular weight excluding hydrogens is 168 g/mol. The van der Waals surface area contributed by atoms with Gasteiger partial charge in [-0.2, -0.15) is 0 Å². The highest BCUT2D eigenvalue weighted by Gasteiger charge is 2.05. The average Bonchev–Trinajstić information content (AvgIpc) is 2.18. The molecule has 0 heterocycles. The van der Waals surface area contributed by atoms with E-state index in [-0.39, 0.29) is 5.71 Å². The molecule has 2 N–H and O–H groups in total. The fourth-order valence-electron chi connectivity index (χ4n) is 0.788. The van der Waals surface area contributed by atoms with Crippen molar-refractivity contribution in [3.8, 4) is 0 Å². The minimum absolute atomic E-state index is 0.0313. The average molecular weight is 178 g/mol. The lowest BCUT2D eigenvalue weighted by atomic mass is 10.3. The molecule has 13 heavy (non-hydrogen) atoms. The zero-order valence-corrected chi connectivity index (χ0v) is 7.19. The topological polar surface area (TPSA) is 61.7 Å². The SMILES string of the molecule is CC(=NO)C(=O)Nc1ccccc1. The lowest BCUT2D eigenvalue weighted by Crippen LogP contribution is -2.19. The minimum atomic E-state index is -0.409. The molecule has 68 valence electrons. The van der Waals surface area contributed by atoms with Crippen LogP contribution < -0.4 is 5.32 Å². The second kappa shape index (κ2) is 4.25. The number of carbonyl (C=O) groups is 1. The molecule has 1 aromatic carbocycles. The molecule has 0 radical (unpaired) electrons. The van der Waals surface area contributed by atoms with Crippen molar-refractivity contribution in [2.24, 2.45) is 5.16 Å². The molecule has 0 saturated heterocycles. The number of benzene rings is 1. The predicted octanol–water partition coefficient (Wildman–Crippen LogP) is 1.48. The number of carbonyl (C=O) groups excluding carboxylic acids is 1. The van der Waals surface area contributed by atoms with Crippen LogP contribution in [0.5, 0.6) is 0 Å². The van der Waals surface area contributed by atoms with E-state index < -0.39 is 5.91 Å². The summed E-state index contributed by atoms with van der Waals surface area (Å²) in [5, 5.41) is 13.7. The molecule has 0 aliphatic heterocycles. The standard InChI is InChI=1S/C9H10N2O2/c1-7(11-13)9(12)10-8-5-3-2-4-6-8/h2-6,13H,1H3,(H,10,12). The Morgan fingerprint density at radius 2 is 2.00 bits per heavy atom. The number of amides is 1. The molecule has 0 spiro atoms. The Labute approximate surface area is 75.9 Å². The van der Waals surface area contributed by atoms with Crippen molar-refractivity contribution in [2.75, 3.05) is 5.32 Å². The number of anilines is 1. The van der Waals surface area contributed by atoms with Gasteiger partial charge in [0.2, 0.25) is 0 Å². The van der Waals surface area contributed by atoms with Crippen LogP contribution >= 0.6 is 0 Å². The van der Waals surface area contributed by atoms with Crippen LogP contribution in [0.15, 0.2) is 35.5 Å². The molecule has 4 nitrogen and oxygen atoms in total. The maximum absolute atomic E-state index is 11.1. The Hall–Kier alpha value is -1.84. The van der Waals surface area contributed by atoms with Crippen molar-refractivity contribution >= 4 is 17.3 Å². The summed E-state index contributed by atoms with van der Waals surface area (Å²) in [6.07, 6.45) is 0. The molecular formula is C9H10N2O2. The molecule has 0 aliphatic rings. The summed E-state index contributed by atoms with van der Waals surface area (Å²) in [5.41, 5.74) is 0.708. The summed E-state index contributed by atoms with van der Waals surface area (Å²) in [6, 6.07) is 8.97. The van der Waals surface area contributed by atoms with Crippen molar-refractivity contribution in [3.05, 3.63) is 30.3 Å². The fraction of sp³-hybridized carbons (Fsp3) is 0.111. The van der Waals surface area contributed by atoms with Crippen LogP contribution in [0.2, 0.25) is 0 Å². The molecule has 0 fully saturated rings. The van der Waals surface area contributed by atoms with Crippen molar-refractivity contribution in [3.63, 3.8) is 0 Å². The largest absolute Gasteiger partial charge is 0.410 e. The Kier molecular flexibility index (Phi) is 3.03. The maximum atomic E-state index is 11.1. The summed E-state index contributed by atoms with van der Waals surface area (Å²) < 4.78 is 0. The summed E-state index contributed by atoms with van der Waals surface area (Å²) in [4.78, 5) is 11.1. The van der Waals surface area contributed by atoms with Gasteiger partial charge in [-0.25, -0.2) is 0 Å². The van der Waals surface area contributed by atoms with Crippen LogP contribution in [-0.2, 0) is 4.79 Å². The van der Waals surface area contributed by atoms with Gasteiger partial charge in [-0.05, 0) is 19.1 Å². The van der Waals surface area contributed by atoms with Crippen LogP contribution in [0.25, 0.3) is 0 Å². The second-order valence-electron chi connectivity index (χ2n) is 2.51. The molecule has 0 atom stereocenters. The normalized spacial score (nSPS) is 11.0. The van der Waals surface area contributed by atoms with E-state index in [2.05, 4.69) is 10.5 Å². The van der Waals surface area contributed by atoms with Crippen molar-refractivity contribution in [2.45, 2.75) is 6.92 Å². The third-order valence-electron chi connectivity index (χ3n) is 1.51. The zero-order chi connectivity index (χ0) is 9.68. The highest BCUT2D eigenvalue weighted by Crippen LogP contribution is 2.04. The van der Waals surface area contributed by atoms with Gasteiger partial charge in [0.15, 0.2) is 0 Å². The van der Waals surface area contributed by atoms with Crippen molar-refractivity contribution < 1.29 is 10.0 Å². The van der Waals surface area contributed by atoms with E-state index >= 15 is 0 Å². The lowest BCUT2D eigenvalue weighted by molar-refractivity contribution is -0.110. The second-order valence-corrected chi connectivity index (χ2v) is 2.51. The molecule has 1 aromatic rings. The van der Waals surface area contributed by atoms with E-state index in [4.69, 9.17) is 5.21 Å². The molecule has 0 bridgehead atoms. The Bertz CT molecular complexity index is 320. The third-order valence-corrected chi connectivity index (χ3v) is 1.51. The van der Waals surface area contributed by atoms with E-state index in [1.807, 2.05) is 6.07 Å². The number of para-hydroxylation sites is 1. The molecule has 1 amide bonds. The minimum Gasteiger partial charge on any atom is -0.410 e. The van der Waals surface area contributed by atoms with Crippen molar-refractivity contribution in [1.82, 2.24) is 0 Å². The molecule has 0 unspecified atom stereocenters. The van der Waals surface area contributed by atoms with Gasteiger partial charge < -0.3 is 10.5 Å². The van der Waals surface area contributed by atoms with Gasteiger partial charge in [0.05, 0.1) is 0 Å². The van der Waals surface area contributed by atoms with Crippen LogP contribution in [0, 0.1) is 0 Å². The number of nitrogens with one attached hydrogen (secondary N) is 1. The van der Waals surface area contributed by atoms with Crippen LogP contribution in [0.3, 0.4) is 0 Å². The van der Waals surface area contributed by atoms with E-state index in [0.717, 1.165) is 0 Å². The molecule has 0 aliphatic carbocycles. The predicted molar refractivity (Wildman–Crippen MR) is 50.0 cm³/mol. The highest BCUT2D eigenvalue weighted by molar-refractivity contribution is 6.42. The molecule has 0 saturated carbocycles. The monoisotopic (exact) mass is 178 g/mol. The smallest absolute Gasteiger partial charge is 0.273 e. The maximum Gasteiger partial charge on any atom is 0.273 e.